The number of unbranched alkanes of at least 4 members (excludes halogenated alkanes) is 1. The van der Waals surface area contributed by atoms with Gasteiger partial charge in [0.05, 0.1) is 0 Å². The van der Waals surface area contributed by atoms with Crippen LogP contribution in [0, 0.1) is 0 Å². The minimum atomic E-state index is -0.801. The second kappa shape index (κ2) is 12.0. The zero-order valence-electron chi connectivity index (χ0n) is 18.6. The number of carboxylic acid groups (broad SMARTS) is 1. The van der Waals surface area contributed by atoms with Gasteiger partial charge in [0.2, 0.25) is 5.91 Å². The van der Waals surface area contributed by atoms with Crippen molar-refractivity contribution in [3.8, 4) is 0 Å². The topological polar surface area (TPSA) is 70.5 Å². The molecule has 0 aliphatic carbocycles. The highest BCUT2D eigenvalue weighted by atomic mass is 35.5. The van der Waals surface area contributed by atoms with E-state index in [1.807, 2.05) is 66.7 Å². The molecule has 5 nitrogen and oxygen atoms in total. The summed E-state index contributed by atoms with van der Waals surface area (Å²) in [5.74, 6) is -0.800. The van der Waals surface area contributed by atoms with Crippen molar-refractivity contribution >= 4 is 34.7 Å². The van der Waals surface area contributed by atoms with Crippen LogP contribution in [0.5, 0.6) is 0 Å². The molecule has 2 aromatic carbocycles. The van der Waals surface area contributed by atoms with Crippen LogP contribution in [-0.4, -0.2) is 29.0 Å². The van der Waals surface area contributed by atoms with Crippen molar-refractivity contribution < 1.29 is 14.7 Å². The maximum Gasteiger partial charge on any atom is 0.303 e. The van der Waals surface area contributed by atoms with E-state index in [1.165, 1.54) is 0 Å². The van der Waals surface area contributed by atoms with Crippen LogP contribution in [0.3, 0.4) is 0 Å². The van der Waals surface area contributed by atoms with Crippen LogP contribution in [-0.2, 0) is 16.0 Å². The Morgan fingerprint density at radius 3 is 2.55 bits per heavy atom. The first-order chi connectivity index (χ1) is 16.0. The van der Waals surface area contributed by atoms with Crippen LogP contribution in [0.1, 0.15) is 42.4 Å². The fraction of sp³-hybridized carbons (Fsp3) is 0.222. The molecule has 0 saturated heterocycles. The maximum atomic E-state index is 12.9. The average Bonchev–Trinajstić information content (AvgIpc) is 2.83. The second-order valence-corrected chi connectivity index (χ2v) is 8.15. The Morgan fingerprint density at radius 1 is 1.03 bits per heavy atom. The standard InChI is InChI=1S/C27H27ClN2O3/c1-30(26(31)16-15-20-8-2-4-13-25(20)28)23-11-6-9-21(18-23)24(12-3-5-14-27(32)33)22-10-7-17-29-19-22/h2,4,6-13,17-19H,3,5,14-16H2,1H3,(H,32,33). The first-order valence-electron chi connectivity index (χ1n) is 10.9. The number of carboxylic acids is 1. The van der Waals surface area contributed by atoms with Crippen molar-refractivity contribution in [2.75, 3.05) is 11.9 Å². The van der Waals surface area contributed by atoms with E-state index in [1.54, 1.807) is 24.3 Å². The molecule has 1 aromatic heterocycles. The third-order valence-electron chi connectivity index (χ3n) is 5.40. The van der Waals surface area contributed by atoms with E-state index in [0.29, 0.717) is 30.7 Å². The number of carbonyl (C=O) groups is 2. The SMILES string of the molecule is CN(C(=O)CCc1ccccc1Cl)c1cccc(C(=CCCCC(=O)O)c2cccnc2)c1. The van der Waals surface area contributed by atoms with E-state index in [2.05, 4.69) is 4.98 Å². The summed E-state index contributed by atoms with van der Waals surface area (Å²) in [6.07, 6.45) is 7.78. The third-order valence-corrected chi connectivity index (χ3v) is 5.77. The molecule has 0 atom stereocenters. The summed E-state index contributed by atoms with van der Waals surface area (Å²) in [7, 11) is 1.77. The van der Waals surface area contributed by atoms with E-state index in [-0.39, 0.29) is 12.3 Å². The van der Waals surface area contributed by atoms with E-state index in [4.69, 9.17) is 16.7 Å². The number of aromatic nitrogens is 1. The lowest BCUT2D eigenvalue weighted by Crippen LogP contribution is -2.26. The Morgan fingerprint density at radius 2 is 1.82 bits per heavy atom. The molecule has 0 fully saturated rings. The lowest BCUT2D eigenvalue weighted by Gasteiger charge is -2.19. The van der Waals surface area contributed by atoms with E-state index in [9.17, 15) is 9.59 Å². The first kappa shape index (κ1) is 24.2. The minimum absolute atomic E-state index is 0.000403. The van der Waals surface area contributed by atoms with Crippen LogP contribution in [0.2, 0.25) is 5.02 Å². The highest BCUT2D eigenvalue weighted by Crippen LogP contribution is 2.28. The van der Waals surface area contributed by atoms with Gasteiger partial charge in [-0.3, -0.25) is 14.6 Å². The van der Waals surface area contributed by atoms with E-state index < -0.39 is 5.97 Å². The normalized spacial score (nSPS) is 11.3. The fourth-order valence-electron chi connectivity index (χ4n) is 3.56. The van der Waals surface area contributed by atoms with Gasteiger partial charge in [0.15, 0.2) is 0 Å². The molecule has 0 radical (unpaired) electrons. The van der Waals surface area contributed by atoms with Crippen LogP contribution >= 0.6 is 11.6 Å². The summed E-state index contributed by atoms with van der Waals surface area (Å²) in [5, 5.41) is 9.59. The van der Waals surface area contributed by atoms with Gasteiger partial charge in [-0.1, -0.05) is 54.1 Å². The van der Waals surface area contributed by atoms with Gasteiger partial charge >= 0.3 is 5.97 Å². The van der Waals surface area contributed by atoms with Crippen molar-refractivity contribution in [3.63, 3.8) is 0 Å². The molecule has 0 spiro atoms. The van der Waals surface area contributed by atoms with Crippen LogP contribution < -0.4 is 4.90 Å². The summed E-state index contributed by atoms with van der Waals surface area (Å²) in [6.45, 7) is 0. The number of hydrogen-bond acceptors (Lipinski definition) is 3. The number of rotatable bonds is 10. The highest BCUT2D eigenvalue weighted by Gasteiger charge is 2.14. The molecule has 0 bridgehead atoms. The molecular formula is C27H27ClN2O3. The minimum Gasteiger partial charge on any atom is -0.481 e. The Balaban J connectivity index is 1.78. The Labute approximate surface area is 199 Å². The van der Waals surface area contributed by atoms with Crippen molar-refractivity contribution in [2.24, 2.45) is 0 Å². The van der Waals surface area contributed by atoms with Crippen molar-refractivity contribution in [2.45, 2.75) is 32.1 Å². The van der Waals surface area contributed by atoms with Crippen molar-refractivity contribution in [3.05, 3.63) is 101 Å². The number of anilines is 1. The average molecular weight is 463 g/mol. The van der Waals surface area contributed by atoms with Gasteiger partial charge in [-0.2, -0.15) is 0 Å². The molecule has 3 aromatic rings. The number of nitrogens with zero attached hydrogens (tertiary/aromatic N) is 2. The Hall–Kier alpha value is -3.44. The predicted molar refractivity (Wildman–Crippen MR) is 132 cm³/mol. The van der Waals surface area contributed by atoms with E-state index >= 15 is 0 Å². The molecular weight excluding hydrogens is 436 g/mol. The Bertz CT molecular complexity index is 1130. The highest BCUT2D eigenvalue weighted by molar-refractivity contribution is 6.31. The summed E-state index contributed by atoms with van der Waals surface area (Å²) in [5.41, 5.74) is 4.60. The second-order valence-electron chi connectivity index (χ2n) is 7.74. The van der Waals surface area contributed by atoms with Crippen molar-refractivity contribution in [1.29, 1.82) is 0 Å². The number of aryl methyl sites for hydroxylation is 1. The molecule has 0 aliphatic rings. The molecule has 0 unspecified atom stereocenters. The van der Waals surface area contributed by atoms with Gasteiger partial charge in [-0.15, -0.1) is 0 Å². The van der Waals surface area contributed by atoms with Gasteiger partial charge in [0.25, 0.3) is 0 Å². The largest absolute Gasteiger partial charge is 0.481 e. The zero-order chi connectivity index (χ0) is 23.6. The molecule has 6 heteroatoms. The van der Waals surface area contributed by atoms with Gasteiger partial charge in [0.1, 0.15) is 0 Å². The smallest absolute Gasteiger partial charge is 0.303 e. The number of halogens is 1. The van der Waals surface area contributed by atoms with Crippen LogP contribution in [0.15, 0.2) is 79.1 Å². The molecule has 0 saturated carbocycles. The number of pyridine rings is 1. The summed E-state index contributed by atoms with van der Waals surface area (Å²) < 4.78 is 0. The molecule has 1 heterocycles. The van der Waals surface area contributed by atoms with E-state index in [0.717, 1.165) is 28.0 Å². The predicted octanol–water partition coefficient (Wildman–Crippen LogP) is 6.02. The number of aliphatic carboxylic acids is 1. The fourth-order valence-corrected chi connectivity index (χ4v) is 3.79. The number of benzene rings is 2. The lowest BCUT2D eigenvalue weighted by atomic mass is 9.97. The zero-order valence-corrected chi connectivity index (χ0v) is 19.3. The molecule has 170 valence electrons. The molecule has 0 aliphatic heterocycles. The first-order valence-corrected chi connectivity index (χ1v) is 11.3. The molecule has 3 rings (SSSR count). The van der Waals surface area contributed by atoms with Crippen LogP contribution in [0.25, 0.3) is 5.57 Å². The molecule has 1 N–H and O–H groups in total. The quantitative estimate of drug-likeness (QED) is 0.374. The summed E-state index contributed by atoms with van der Waals surface area (Å²) in [4.78, 5) is 29.6. The van der Waals surface area contributed by atoms with Crippen molar-refractivity contribution in [1.82, 2.24) is 4.98 Å². The Kier molecular flexibility index (Phi) is 8.79. The molecule has 33 heavy (non-hydrogen) atoms. The number of hydrogen-bond donors (Lipinski definition) is 1. The van der Waals surface area contributed by atoms with Gasteiger partial charge in [0, 0.05) is 48.6 Å². The van der Waals surface area contributed by atoms with Gasteiger partial charge in [-0.05, 0) is 60.2 Å². The van der Waals surface area contributed by atoms with Gasteiger partial charge in [-0.25, -0.2) is 0 Å². The number of allylic oxidation sites excluding steroid dienone is 1. The summed E-state index contributed by atoms with van der Waals surface area (Å²) in [6, 6.07) is 19.2. The number of amides is 1. The monoisotopic (exact) mass is 462 g/mol. The van der Waals surface area contributed by atoms with Gasteiger partial charge < -0.3 is 10.0 Å². The lowest BCUT2D eigenvalue weighted by molar-refractivity contribution is -0.137. The summed E-state index contributed by atoms with van der Waals surface area (Å²) >= 11 is 6.22. The van der Waals surface area contributed by atoms with Crippen LogP contribution in [0.4, 0.5) is 5.69 Å². The number of carbonyl (C=O) groups excluding carboxylic acids is 1. The maximum absolute atomic E-state index is 12.9. The molecule has 1 amide bonds. The third kappa shape index (κ3) is 7.02.